The molecule has 0 unspecified atom stereocenters. The summed E-state index contributed by atoms with van der Waals surface area (Å²) in [5.41, 5.74) is 0. The van der Waals surface area contributed by atoms with E-state index in [9.17, 15) is 4.79 Å². The van der Waals surface area contributed by atoms with Crippen LogP contribution in [0, 0.1) is 0 Å². The molecule has 1 heterocycles. The Labute approximate surface area is 109 Å². The monoisotopic (exact) mass is 268 g/mol. The van der Waals surface area contributed by atoms with Crippen LogP contribution in [0.2, 0.25) is 5.02 Å². The van der Waals surface area contributed by atoms with Crippen molar-refractivity contribution in [3.05, 3.63) is 23.2 Å². The summed E-state index contributed by atoms with van der Waals surface area (Å²) in [5.74, 6) is 0.754. The number of benzene rings is 1. The zero-order valence-electron chi connectivity index (χ0n) is 9.74. The van der Waals surface area contributed by atoms with E-state index in [-0.39, 0.29) is 5.91 Å². The van der Waals surface area contributed by atoms with Gasteiger partial charge in [0.2, 0.25) is 5.91 Å². The summed E-state index contributed by atoms with van der Waals surface area (Å²) in [6.07, 6.45) is 0.470. The Balaban J connectivity index is 2.58. The quantitative estimate of drug-likeness (QED) is 0.850. The molecule has 1 aromatic heterocycles. The van der Waals surface area contributed by atoms with Gasteiger partial charge in [0.05, 0.1) is 15.1 Å². The molecular weight excluding hydrogens is 256 g/mol. The lowest BCUT2D eigenvalue weighted by Gasteiger charge is -2.18. The zero-order valence-corrected chi connectivity index (χ0v) is 11.3. The van der Waals surface area contributed by atoms with Gasteiger partial charge in [-0.1, -0.05) is 24.6 Å². The molecule has 0 spiro atoms. The van der Waals surface area contributed by atoms with E-state index in [4.69, 9.17) is 11.6 Å². The van der Waals surface area contributed by atoms with Crippen molar-refractivity contribution in [1.29, 1.82) is 0 Å². The van der Waals surface area contributed by atoms with Gasteiger partial charge in [0, 0.05) is 13.0 Å². The van der Waals surface area contributed by atoms with Crippen LogP contribution >= 0.6 is 23.1 Å². The van der Waals surface area contributed by atoms with E-state index < -0.39 is 0 Å². The second-order valence-corrected chi connectivity index (χ2v) is 4.82. The third-order valence-electron chi connectivity index (χ3n) is 2.60. The standard InChI is InChI=1S/C12H13ClN2OS/c1-3-10(16)15(4-2)12-11-8(13)6-5-7-9(11)17-14-12/h5-7H,3-4H2,1-2H3. The van der Waals surface area contributed by atoms with E-state index in [1.807, 2.05) is 32.0 Å². The maximum atomic E-state index is 11.8. The molecule has 17 heavy (non-hydrogen) atoms. The topological polar surface area (TPSA) is 33.2 Å². The molecule has 0 N–H and O–H groups in total. The lowest BCUT2D eigenvalue weighted by atomic mass is 10.2. The number of hydrogen-bond acceptors (Lipinski definition) is 3. The van der Waals surface area contributed by atoms with Crippen molar-refractivity contribution in [1.82, 2.24) is 4.37 Å². The summed E-state index contributed by atoms with van der Waals surface area (Å²) in [7, 11) is 0. The van der Waals surface area contributed by atoms with E-state index in [0.29, 0.717) is 23.8 Å². The predicted octanol–water partition coefficient (Wildman–Crippen LogP) is 3.71. The highest BCUT2D eigenvalue weighted by Crippen LogP contribution is 2.35. The number of rotatable bonds is 3. The lowest BCUT2D eigenvalue weighted by molar-refractivity contribution is -0.118. The Morgan fingerprint density at radius 3 is 2.88 bits per heavy atom. The van der Waals surface area contributed by atoms with Crippen molar-refractivity contribution in [3.8, 4) is 0 Å². The largest absolute Gasteiger partial charge is 0.296 e. The highest BCUT2D eigenvalue weighted by molar-refractivity contribution is 7.13. The fraction of sp³-hybridized carbons (Fsp3) is 0.333. The first-order valence-corrected chi connectivity index (χ1v) is 6.68. The summed E-state index contributed by atoms with van der Waals surface area (Å²) >= 11 is 7.55. The second-order valence-electron chi connectivity index (χ2n) is 3.61. The second kappa shape index (κ2) is 5.02. The van der Waals surface area contributed by atoms with Crippen LogP contribution in [0.25, 0.3) is 10.1 Å². The smallest absolute Gasteiger partial charge is 0.227 e. The van der Waals surface area contributed by atoms with Gasteiger partial charge in [0.25, 0.3) is 0 Å². The first-order valence-electron chi connectivity index (χ1n) is 5.53. The molecule has 2 aromatic rings. The maximum absolute atomic E-state index is 11.8. The number of nitrogens with zero attached hydrogens (tertiary/aromatic N) is 2. The number of amides is 1. The summed E-state index contributed by atoms with van der Waals surface area (Å²) in [4.78, 5) is 13.5. The van der Waals surface area contributed by atoms with Gasteiger partial charge in [0.15, 0.2) is 5.82 Å². The molecule has 0 aliphatic heterocycles. The summed E-state index contributed by atoms with van der Waals surface area (Å²) in [5, 5.41) is 1.52. The number of hydrogen-bond donors (Lipinski definition) is 0. The fourth-order valence-corrected chi connectivity index (χ4v) is 2.88. The molecule has 0 radical (unpaired) electrons. The van der Waals surface area contributed by atoms with E-state index in [1.165, 1.54) is 11.5 Å². The zero-order chi connectivity index (χ0) is 12.4. The molecule has 0 aliphatic carbocycles. The first kappa shape index (κ1) is 12.3. The molecular formula is C12H13ClN2OS. The number of carbonyl (C=O) groups excluding carboxylic acids is 1. The highest BCUT2D eigenvalue weighted by Gasteiger charge is 2.19. The minimum absolute atomic E-state index is 0.0691. The van der Waals surface area contributed by atoms with Gasteiger partial charge in [0.1, 0.15) is 0 Å². The van der Waals surface area contributed by atoms with Gasteiger partial charge < -0.3 is 0 Å². The third kappa shape index (κ3) is 2.15. The molecule has 0 bridgehead atoms. The van der Waals surface area contributed by atoms with Gasteiger partial charge in [-0.25, -0.2) is 0 Å². The van der Waals surface area contributed by atoms with E-state index >= 15 is 0 Å². The van der Waals surface area contributed by atoms with Crippen LogP contribution in [-0.2, 0) is 4.79 Å². The van der Waals surface area contributed by atoms with Gasteiger partial charge in [-0.2, -0.15) is 4.37 Å². The van der Waals surface area contributed by atoms with Crippen LogP contribution in [-0.4, -0.2) is 16.8 Å². The average molecular weight is 269 g/mol. The number of fused-ring (bicyclic) bond motifs is 1. The fourth-order valence-electron chi connectivity index (χ4n) is 1.75. The van der Waals surface area contributed by atoms with E-state index in [2.05, 4.69) is 4.37 Å². The minimum atomic E-state index is 0.0691. The molecule has 3 nitrogen and oxygen atoms in total. The Morgan fingerprint density at radius 2 is 2.24 bits per heavy atom. The van der Waals surface area contributed by atoms with Crippen LogP contribution in [0.3, 0.4) is 0 Å². The Kier molecular flexibility index (Phi) is 3.64. The molecule has 0 fully saturated rings. The summed E-state index contributed by atoms with van der Waals surface area (Å²) in [6, 6.07) is 5.68. The van der Waals surface area contributed by atoms with Gasteiger partial charge in [-0.15, -0.1) is 0 Å². The van der Waals surface area contributed by atoms with Crippen molar-refractivity contribution < 1.29 is 4.79 Å². The van der Waals surface area contributed by atoms with Crippen molar-refractivity contribution in [2.24, 2.45) is 0 Å². The molecule has 0 aliphatic rings. The molecule has 1 aromatic carbocycles. The van der Waals surface area contributed by atoms with E-state index in [1.54, 1.807) is 4.90 Å². The van der Waals surface area contributed by atoms with Gasteiger partial charge in [-0.3, -0.25) is 9.69 Å². The predicted molar refractivity (Wildman–Crippen MR) is 72.9 cm³/mol. The van der Waals surface area contributed by atoms with Crippen LogP contribution in [0.5, 0.6) is 0 Å². The average Bonchev–Trinajstić information content (AvgIpc) is 2.75. The SMILES string of the molecule is CCC(=O)N(CC)c1nsc2cccc(Cl)c12. The summed E-state index contributed by atoms with van der Waals surface area (Å²) in [6.45, 7) is 4.40. The molecule has 2 rings (SSSR count). The minimum Gasteiger partial charge on any atom is -0.296 e. The molecule has 0 saturated carbocycles. The Morgan fingerprint density at radius 1 is 1.47 bits per heavy atom. The van der Waals surface area contributed by atoms with Crippen LogP contribution in [0.4, 0.5) is 5.82 Å². The number of halogens is 1. The highest BCUT2D eigenvalue weighted by atomic mass is 35.5. The molecule has 5 heteroatoms. The van der Waals surface area contributed by atoms with Gasteiger partial charge >= 0.3 is 0 Å². The lowest BCUT2D eigenvalue weighted by Crippen LogP contribution is -2.30. The van der Waals surface area contributed by atoms with Crippen LogP contribution < -0.4 is 4.90 Å². The van der Waals surface area contributed by atoms with Crippen molar-refractivity contribution in [3.63, 3.8) is 0 Å². The first-order chi connectivity index (χ1) is 8.19. The van der Waals surface area contributed by atoms with Crippen molar-refractivity contribution in [2.45, 2.75) is 20.3 Å². The van der Waals surface area contributed by atoms with E-state index in [0.717, 1.165) is 10.1 Å². The molecule has 90 valence electrons. The molecule has 0 atom stereocenters. The van der Waals surface area contributed by atoms with Crippen LogP contribution in [0.1, 0.15) is 20.3 Å². The Bertz CT molecular complexity index is 552. The maximum Gasteiger partial charge on any atom is 0.227 e. The normalized spacial score (nSPS) is 10.8. The molecule has 1 amide bonds. The number of carbonyl (C=O) groups is 1. The number of aromatic nitrogens is 1. The van der Waals surface area contributed by atoms with Gasteiger partial charge in [-0.05, 0) is 30.6 Å². The summed E-state index contributed by atoms with van der Waals surface area (Å²) < 4.78 is 5.37. The molecule has 0 saturated heterocycles. The van der Waals surface area contributed by atoms with Crippen molar-refractivity contribution in [2.75, 3.05) is 11.4 Å². The Hall–Kier alpha value is -1.13. The van der Waals surface area contributed by atoms with Crippen LogP contribution in [0.15, 0.2) is 18.2 Å². The van der Waals surface area contributed by atoms with Crippen molar-refractivity contribution >= 4 is 44.9 Å². The number of anilines is 1. The third-order valence-corrected chi connectivity index (χ3v) is 3.72.